The molecule has 0 amide bonds. The van der Waals surface area contributed by atoms with Crippen LogP contribution in [0.15, 0.2) is 28.9 Å². The molecule has 3 nitrogen and oxygen atoms in total. The number of ether oxygens (including phenoxy) is 2. The van der Waals surface area contributed by atoms with E-state index in [4.69, 9.17) is 13.9 Å². The lowest BCUT2D eigenvalue weighted by molar-refractivity contribution is -0.0271. The van der Waals surface area contributed by atoms with Crippen molar-refractivity contribution in [3.8, 4) is 0 Å². The van der Waals surface area contributed by atoms with Gasteiger partial charge in [0, 0.05) is 17.8 Å². The smallest absolute Gasteiger partial charge is 0.192 e. The van der Waals surface area contributed by atoms with Gasteiger partial charge < -0.3 is 13.9 Å². The molecule has 26 heavy (non-hydrogen) atoms. The molecule has 0 unspecified atom stereocenters. The standard InChI is InChI=1S/C21H35BrO3Si/c1-7-8-9-12-17(25-26(5,6)21(2,3)4)19-15-20-18(24-19)14-16(23-20)11-10-13-22/h8-9,11,13,16-20H,7,12,14-15H2,1-6H3/b9-8+/t10?,16-,17+,18-,19-,20-/m1/s1. The van der Waals surface area contributed by atoms with Crippen LogP contribution in [-0.2, 0) is 13.9 Å². The largest absolute Gasteiger partial charge is 0.411 e. The zero-order valence-electron chi connectivity index (χ0n) is 17.1. The average Bonchev–Trinajstić information content (AvgIpc) is 3.09. The Kier molecular flexibility index (Phi) is 7.96. The monoisotopic (exact) mass is 442 g/mol. The van der Waals surface area contributed by atoms with Crippen molar-refractivity contribution in [1.29, 1.82) is 0 Å². The molecule has 5 atom stereocenters. The van der Waals surface area contributed by atoms with Gasteiger partial charge in [0.1, 0.15) is 0 Å². The second-order valence-corrected chi connectivity index (χ2v) is 14.1. The molecular weight excluding hydrogens is 408 g/mol. The first kappa shape index (κ1) is 22.1. The minimum absolute atomic E-state index is 0.111. The predicted octanol–water partition coefficient (Wildman–Crippen LogP) is 6.11. The number of allylic oxidation sites excluding steroid dienone is 1. The molecule has 0 aromatic rings. The summed E-state index contributed by atoms with van der Waals surface area (Å²) >= 11 is 3.25. The van der Waals surface area contributed by atoms with Crippen molar-refractivity contribution in [1.82, 2.24) is 0 Å². The van der Waals surface area contributed by atoms with Crippen molar-refractivity contribution in [3.05, 3.63) is 28.9 Å². The second kappa shape index (κ2) is 9.36. The van der Waals surface area contributed by atoms with E-state index in [0.717, 1.165) is 25.7 Å². The van der Waals surface area contributed by atoms with Crippen LogP contribution in [-0.4, -0.2) is 38.8 Å². The summed E-state index contributed by atoms with van der Waals surface area (Å²) in [6, 6.07) is 0. The molecule has 2 aliphatic rings. The molecule has 0 bridgehead atoms. The molecule has 2 rings (SSSR count). The topological polar surface area (TPSA) is 27.7 Å². The minimum Gasteiger partial charge on any atom is -0.411 e. The van der Waals surface area contributed by atoms with E-state index in [1.54, 1.807) is 4.99 Å². The van der Waals surface area contributed by atoms with Crippen LogP contribution in [0.1, 0.15) is 53.4 Å². The summed E-state index contributed by atoms with van der Waals surface area (Å²) in [6.07, 6.45) is 11.0. The van der Waals surface area contributed by atoms with Gasteiger partial charge in [-0.05, 0) is 37.0 Å². The number of halogens is 1. The Morgan fingerprint density at radius 1 is 1.19 bits per heavy atom. The molecule has 0 spiro atoms. The van der Waals surface area contributed by atoms with Gasteiger partial charge in [0.2, 0.25) is 0 Å². The Labute approximate surface area is 169 Å². The fourth-order valence-electron chi connectivity index (χ4n) is 3.33. The van der Waals surface area contributed by atoms with E-state index >= 15 is 0 Å². The van der Waals surface area contributed by atoms with Crippen LogP contribution in [0, 0.1) is 0 Å². The summed E-state index contributed by atoms with van der Waals surface area (Å²) in [5.41, 5.74) is 3.05. The zero-order chi connectivity index (χ0) is 19.4. The third kappa shape index (κ3) is 5.67. The molecule has 2 heterocycles. The molecule has 5 heteroatoms. The Morgan fingerprint density at radius 2 is 1.88 bits per heavy atom. The highest BCUT2D eigenvalue weighted by Crippen LogP contribution is 2.41. The van der Waals surface area contributed by atoms with E-state index in [1.165, 1.54) is 0 Å². The molecule has 0 aliphatic carbocycles. The van der Waals surface area contributed by atoms with Crippen LogP contribution in [0.3, 0.4) is 0 Å². The van der Waals surface area contributed by atoms with Gasteiger partial charge in [0.05, 0.1) is 30.5 Å². The van der Waals surface area contributed by atoms with Crippen LogP contribution >= 0.6 is 15.9 Å². The molecular formula is C21H35BrO3Si. The van der Waals surface area contributed by atoms with Gasteiger partial charge in [-0.2, -0.15) is 0 Å². The Hall–Kier alpha value is -0.163. The van der Waals surface area contributed by atoms with E-state index in [0.29, 0.717) is 0 Å². The van der Waals surface area contributed by atoms with Crippen LogP contribution < -0.4 is 0 Å². The molecule has 2 saturated heterocycles. The van der Waals surface area contributed by atoms with Gasteiger partial charge in [-0.3, -0.25) is 0 Å². The van der Waals surface area contributed by atoms with E-state index < -0.39 is 8.32 Å². The molecule has 0 saturated carbocycles. The highest BCUT2D eigenvalue weighted by atomic mass is 79.9. The predicted molar refractivity (Wildman–Crippen MR) is 114 cm³/mol. The maximum Gasteiger partial charge on any atom is 0.192 e. The molecule has 2 aliphatic heterocycles. The number of hydrogen-bond donors (Lipinski definition) is 0. The minimum atomic E-state index is -1.84. The Balaban J connectivity index is 2.04. The van der Waals surface area contributed by atoms with Crippen molar-refractivity contribution in [3.63, 3.8) is 0 Å². The molecule has 148 valence electrons. The molecule has 0 radical (unpaired) electrons. The third-order valence-corrected chi connectivity index (χ3v) is 10.6. The van der Waals surface area contributed by atoms with Gasteiger partial charge in [-0.15, -0.1) is 5.73 Å². The van der Waals surface area contributed by atoms with E-state index in [9.17, 15) is 0 Å². The van der Waals surface area contributed by atoms with Crippen molar-refractivity contribution in [2.75, 3.05) is 0 Å². The van der Waals surface area contributed by atoms with Gasteiger partial charge >= 0.3 is 0 Å². The summed E-state index contributed by atoms with van der Waals surface area (Å²) in [6.45, 7) is 13.7. The van der Waals surface area contributed by atoms with Crippen LogP contribution in [0.4, 0.5) is 0 Å². The lowest BCUT2D eigenvalue weighted by Crippen LogP contribution is -2.47. The van der Waals surface area contributed by atoms with Gasteiger partial charge in [0.15, 0.2) is 8.32 Å². The maximum absolute atomic E-state index is 6.77. The fourth-order valence-corrected chi connectivity index (χ4v) is 4.84. The second-order valence-electron chi connectivity index (χ2n) is 8.87. The lowest BCUT2D eigenvalue weighted by atomic mass is 10.0. The van der Waals surface area contributed by atoms with E-state index in [1.807, 2.05) is 6.08 Å². The van der Waals surface area contributed by atoms with Crippen molar-refractivity contribution in [2.24, 2.45) is 0 Å². The SMILES string of the molecule is CC/C=C/C[C@H](O[Si](C)(C)C(C)(C)C)[C@H]1C[C@H]2O[C@H](C=C=CBr)C[C@H]2O1. The number of rotatable bonds is 7. The normalized spacial score (nSPS) is 30.3. The fraction of sp³-hybridized carbons (Fsp3) is 0.762. The first-order valence-corrected chi connectivity index (χ1v) is 13.7. The first-order chi connectivity index (χ1) is 12.2. The third-order valence-electron chi connectivity index (χ3n) is 5.83. The highest BCUT2D eigenvalue weighted by molar-refractivity contribution is 9.11. The Bertz CT molecular complexity index is 532. The van der Waals surface area contributed by atoms with Crippen LogP contribution in [0.5, 0.6) is 0 Å². The first-order valence-electron chi connectivity index (χ1n) is 9.83. The number of fused-ring (bicyclic) bond motifs is 1. The van der Waals surface area contributed by atoms with Crippen LogP contribution in [0.25, 0.3) is 0 Å². The van der Waals surface area contributed by atoms with Gasteiger partial charge in [0.25, 0.3) is 0 Å². The van der Waals surface area contributed by atoms with Crippen molar-refractivity contribution >= 4 is 24.2 Å². The molecule has 0 aromatic carbocycles. The summed E-state index contributed by atoms with van der Waals surface area (Å²) in [7, 11) is -1.84. The molecule has 0 N–H and O–H groups in total. The highest BCUT2D eigenvalue weighted by Gasteiger charge is 2.48. The quantitative estimate of drug-likeness (QED) is 0.270. The summed E-state index contributed by atoms with van der Waals surface area (Å²) in [5.74, 6) is 0. The summed E-state index contributed by atoms with van der Waals surface area (Å²) in [4.78, 5) is 1.73. The van der Waals surface area contributed by atoms with Crippen molar-refractivity contribution < 1.29 is 13.9 Å². The van der Waals surface area contributed by atoms with Crippen molar-refractivity contribution in [2.45, 2.75) is 102 Å². The average molecular weight is 443 g/mol. The summed E-state index contributed by atoms with van der Waals surface area (Å²) in [5, 5.41) is 0.197. The van der Waals surface area contributed by atoms with E-state index in [-0.39, 0.29) is 35.6 Å². The zero-order valence-corrected chi connectivity index (χ0v) is 19.7. The maximum atomic E-state index is 6.77. The van der Waals surface area contributed by atoms with E-state index in [2.05, 4.69) is 74.6 Å². The molecule has 0 aromatic heterocycles. The Morgan fingerprint density at radius 3 is 2.46 bits per heavy atom. The molecule has 2 fully saturated rings. The van der Waals surface area contributed by atoms with Crippen LogP contribution in [0.2, 0.25) is 18.1 Å². The number of hydrogen-bond acceptors (Lipinski definition) is 3. The van der Waals surface area contributed by atoms with Gasteiger partial charge in [-0.1, -0.05) is 55.8 Å². The lowest BCUT2D eigenvalue weighted by Gasteiger charge is -2.40. The van der Waals surface area contributed by atoms with Gasteiger partial charge in [-0.25, -0.2) is 0 Å². The summed E-state index contributed by atoms with van der Waals surface area (Å²) < 4.78 is 19.3.